The van der Waals surface area contributed by atoms with E-state index in [-0.39, 0.29) is 28.8 Å². The van der Waals surface area contributed by atoms with Gasteiger partial charge in [0.2, 0.25) is 0 Å². The average Bonchev–Trinajstić information content (AvgIpc) is 2.97. The highest BCUT2D eigenvalue weighted by atomic mass is 35.5. The lowest BCUT2D eigenvalue weighted by Crippen LogP contribution is -2.30. The first-order valence-electron chi connectivity index (χ1n) is 8.56. The molecule has 3 rings (SSSR count). The summed E-state index contributed by atoms with van der Waals surface area (Å²) in [5, 5.41) is 15.4. The highest BCUT2D eigenvalue weighted by molar-refractivity contribution is 6.31. The van der Waals surface area contributed by atoms with Crippen molar-refractivity contribution in [1.29, 1.82) is 0 Å². The molecule has 3 aromatic rings. The molecule has 0 spiro atoms. The molecule has 3 aromatic heterocycles. The van der Waals surface area contributed by atoms with E-state index in [1.54, 1.807) is 26.2 Å². The van der Waals surface area contributed by atoms with Crippen LogP contribution in [0, 0.1) is 0 Å². The highest BCUT2D eigenvalue weighted by Gasteiger charge is 2.39. The minimum atomic E-state index is -4.70. The summed E-state index contributed by atoms with van der Waals surface area (Å²) in [7, 11) is 1.56. The number of nitrogens with zero attached hydrogens (tertiary/aromatic N) is 4. The molecular weight excluding hydrogens is 397 g/mol. The van der Waals surface area contributed by atoms with Crippen molar-refractivity contribution in [1.82, 2.24) is 19.3 Å². The molecule has 0 aliphatic carbocycles. The zero-order chi connectivity index (χ0) is 20.9. The van der Waals surface area contributed by atoms with Crippen molar-refractivity contribution in [3.63, 3.8) is 0 Å². The zero-order valence-electron chi connectivity index (χ0n) is 15.4. The minimum absolute atomic E-state index is 0.0811. The Morgan fingerprint density at radius 2 is 1.96 bits per heavy atom. The quantitative estimate of drug-likeness (QED) is 0.709. The van der Waals surface area contributed by atoms with E-state index in [0.29, 0.717) is 11.9 Å². The van der Waals surface area contributed by atoms with Crippen LogP contribution in [0.3, 0.4) is 0 Å². The largest absolute Gasteiger partial charge is 0.434 e. The summed E-state index contributed by atoms with van der Waals surface area (Å²) in [6, 6.07) is 2.70. The van der Waals surface area contributed by atoms with E-state index in [2.05, 4.69) is 10.1 Å². The van der Waals surface area contributed by atoms with E-state index in [9.17, 15) is 23.1 Å². The molecule has 0 aliphatic heterocycles. The SMILES string of the molecule is CCn1ccc2c(C(O)(CC)c3cnc(C(F)(F)F)c(Cl)c3)n(C)nc2c1=O. The highest BCUT2D eigenvalue weighted by Crippen LogP contribution is 2.39. The van der Waals surface area contributed by atoms with E-state index >= 15 is 0 Å². The molecule has 1 unspecified atom stereocenters. The van der Waals surface area contributed by atoms with Crippen LogP contribution in [0.25, 0.3) is 10.9 Å². The summed E-state index contributed by atoms with van der Waals surface area (Å²) in [5.41, 5.74) is -2.75. The fraction of sp³-hybridized carbons (Fsp3) is 0.389. The number of hydrogen-bond acceptors (Lipinski definition) is 4. The third-order valence-electron chi connectivity index (χ3n) is 4.80. The number of fused-ring (bicyclic) bond motifs is 1. The Kier molecular flexibility index (Phi) is 5.01. The van der Waals surface area contributed by atoms with E-state index < -0.39 is 22.5 Å². The van der Waals surface area contributed by atoms with E-state index in [0.717, 1.165) is 12.3 Å². The topological polar surface area (TPSA) is 72.9 Å². The predicted octanol–water partition coefficient (Wildman–Crippen LogP) is 3.47. The molecule has 6 nitrogen and oxygen atoms in total. The van der Waals surface area contributed by atoms with Crippen molar-refractivity contribution >= 4 is 22.5 Å². The molecule has 0 amide bonds. The van der Waals surface area contributed by atoms with Crippen molar-refractivity contribution in [3.8, 4) is 0 Å². The molecule has 10 heteroatoms. The molecule has 3 heterocycles. The second kappa shape index (κ2) is 6.89. The number of rotatable bonds is 4. The van der Waals surface area contributed by atoms with Crippen LogP contribution in [0.2, 0.25) is 5.02 Å². The van der Waals surface area contributed by atoms with Crippen molar-refractivity contribution in [2.24, 2.45) is 7.05 Å². The summed E-state index contributed by atoms with van der Waals surface area (Å²) in [6.07, 6.45) is -2.07. The van der Waals surface area contributed by atoms with Gasteiger partial charge >= 0.3 is 6.18 Å². The molecule has 150 valence electrons. The maximum absolute atomic E-state index is 13.0. The molecule has 0 aromatic carbocycles. The third-order valence-corrected chi connectivity index (χ3v) is 5.09. The van der Waals surface area contributed by atoms with Crippen molar-refractivity contribution in [3.05, 3.63) is 56.9 Å². The van der Waals surface area contributed by atoms with E-state index in [1.807, 2.05) is 6.92 Å². The predicted molar refractivity (Wildman–Crippen MR) is 98.2 cm³/mol. The van der Waals surface area contributed by atoms with E-state index in [1.165, 1.54) is 9.25 Å². The first-order valence-corrected chi connectivity index (χ1v) is 8.94. The van der Waals surface area contributed by atoms with Crippen LogP contribution < -0.4 is 5.56 Å². The summed E-state index contributed by atoms with van der Waals surface area (Å²) in [4.78, 5) is 15.9. The molecule has 0 saturated heterocycles. The van der Waals surface area contributed by atoms with Gasteiger partial charge in [0.25, 0.3) is 5.56 Å². The van der Waals surface area contributed by atoms with Gasteiger partial charge in [-0.15, -0.1) is 0 Å². The van der Waals surface area contributed by atoms with Crippen LogP contribution in [0.4, 0.5) is 13.2 Å². The average molecular weight is 415 g/mol. The molecule has 0 bridgehead atoms. The first kappa shape index (κ1) is 20.3. The number of hydrogen-bond donors (Lipinski definition) is 1. The summed E-state index contributed by atoms with van der Waals surface area (Å²) < 4.78 is 41.7. The number of aromatic nitrogens is 4. The maximum Gasteiger partial charge on any atom is 0.434 e. The van der Waals surface area contributed by atoms with Gasteiger partial charge in [0.05, 0.1) is 10.7 Å². The van der Waals surface area contributed by atoms with Crippen molar-refractivity contribution < 1.29 is 18.3 Å². The lowest BCUT2D eigenvalue weighted by Gasteiger charge is -2.28. The van der Waals surface area contributed by atoms with Gasteiger partial charge in [-0.2, -0.15) is 18.3 Å². The summed E-state index contributed by atoms with van der Waals surface area (Å²) in [5.74, 6) is 0. The van der Waals surface area contributed by atoms with Gasteiger partial charge in [0.15, 0.2) is 11.2 Å². The Labute approximate surface area is 163 Å². The van der Waals surface area contributed by atoms with Gasteiger partial charge < -0.3 is 9.67 Å². The molecule has 1 atom stereocenters. The van der Waals surface area contributed by atoms with Crippen LogP contribution in [0.15, 0.2) is 29.3 Å². The number of halogens is 4. The fourth-order valence-corrected chi connectivity index (χ4v) is 3.62. The lowest BCUT2D eigenvalue weighted by molar-refractivity contribution is -0.141. The van der Waals surface area contributed by atoms with Gasteiger partial charge in [0, 0.05) is 36.9 Å². The molecular formula is C18H18ClF3N4O2. The van der Waals surface area contributed by atoms with Crippen molar-refractivity contribution in [2.45, 2.75) is 38.6 Å². The number of pyridine rings is 2. The van der Waals surface area contributed by atoms with Gasteiger partial charge in [-0.05, 0) is 25.5 Å². The number of aliphatic hydroxyl groups is 1. The van der Waals surface area contributed by atoms with E-state index in [4.69, 9.17) is 11.6 Å². The molecule has 0 radical (unpaired) electrons. The molecule has 0 saturated carbocycles. The fourth-order valence-electron chi connectivity index (χ4n) is 3.34. The lowest BCUT2D eigenvalue weighted by atomic mass is 9.87. The zero-order valence-corrected chi connectivity index (χ0v) is 16.1. The monoisotopic (exact) mass is 414 g/mol. The second-order valence-electron chi connectivity index (χ2n) is 6.41. The van der Waals surface area contributed by atoms with Crippen LogP contribution in [0.1, 0.15) is 37.2 Å². The van der Waals surface area contributed by atoms with Crippen molar-refractivity contribution in [2.75, 3.05) is 0 Å². The standard InChI is InChI=1S/C18H18ClF3N4O2/c1-4-17(28,10-8-12(19)14(23-9-10)18(20,21)22)15-11-6-7-26(5-2)16(27)13(11)24-25(15)3/h6-9,28H,4-5H2,1-3H3. The number of aryl methyl sites for hydroxylation is 2. The van der Waals surface area contributed by atoms with Crippen LogP contribution in [-0.4, -0.2) is 24.4 Å². The molecule has 0 fully saturated rings. The van der Waals surface area contributed by atoms with Crippen LogP contribution >= 0.6 is 11.6 Å². The third kappa shape index (κ3) is 3.08. The number of alkyl halides is 3. The Bertz CT molecular complexity index is 1110. The second-order valence-corrected chi connectivity index (χ2v) is 6.81. The van der Waals surface area contributed by atoms with Crippen LogP contribution in [-0.2, 0) is 25.4 Å². The molecule has 28 heavy (non-hydrogen) atoms. The Hall–Kier alpha value is -2.39. The molecule has 0 aliphatic rings. The van der Waals surface area contributed by atoms with Crippen LogP contribution in [0.5, 0.6) is 0 Å². The normalized spacial score (nSPS) is 14.4. The Morgan fingerprint density at radius 3 is 2.50 bits per heavy atom. The first-order chi connectivity index (χ1) is 13.0. The van der Waals surface area contributed by atoms with Gasteiger partial charge in [-0.25, -0.2) is 4.98 Å². The van der Waals surface area contributed by atoms with Gasteiger partial charge in [-0.1, -0.05) is 18.5 Å². The molecule has 1 N–H and O–H groups in total. The summed E-state index contributed by atoms with van der Waals surface area (Å²) >= 11 is 5.79. The van der Waals surface area contributed by atoms with Gasteiger partial charge in [-0.3, -0.25) is 9.48 Å². The minimum Gasteiger partial charge on any atom is -0.379 e. The Balaban J connectivity index is 2.26. The maximum atomic E-state index is 13.0. The summed E-state index contributed by atoms with van der Waals surface area (Å²) in [6.45, 7) is 3.93. The smallest absolute Gasteiger partial charge is 0.379 e. The van der Waals surface area contributed by atoms with Gasteiger partial charge in [0.1, 0.15) is 5.60 Å². The Morgan fingerprint density at radius 1 is 1.29 bits per heavy atom.